The molecule has 4 nitrogen and oxygen atoms in total. The fourth-order valence-electron chi connectivity index (χ4n) is 0.880. The van der Waals surface area contributed by atoms with Crippen LogP contribution in [0.2, 0.25) is 0 Å². The monoisotopic (exact) mass is 201 g/mol. The van der Waals surface area contributed by atoms with Crippen LogP contribution in [0.5, 0.6) is 0 Å². The average Bonchev–Trinajstić information content (AvgIpc) is 2.54. The molecule has 0 amide bonds. The Morgan fingerprint density at radius 1 is 1.54 bits per heavy atom. The molecule has 0 unspecified atom stereocenters. The molecule has 0 radical (unpaired) electrons. The summed E-state index contributed by atoms with van der Waals surface area (Å²) in [5.74, 6) is 3.45. The Bertz CT molecular complexity index is 239. The number of hydrogen-bond acceptors (Lipinski definition) is 5. The first-order chi connectivity index (χ1) is 6.36. The predicted octanol–water partition coefficient (Wildman–Crippen LogP) is 1.43. The second-order valence-electron chi connectivity index (χ2n) is 2.69. The maximum absolute atomic E-state index is 5.00. The van der Waals surface area contributed by atoms with Crippen molar-refractivity contribution >= 4 is 11.8 Å². The van der Waals surface area contributed by atoms with Crippen molar-refractivity contribution in [3.05, 3.63) is 11.7 Å². The largest absolute Gasteiger partial charge is 0.338 e. The van der Waals surface area contributed by atoms with Gasteiger partial charge in [0.05, 0.1) is 12.3 Å². The topological polar surface area (TPSA) is 51.0 Å². The van der Waals surface area contributed by atoms with Gasteiger partial charge >= 0.3 is 0 Å². The van der Waals surface area contributed by atoms with E-state index in [9.17, 15) is 0 Å². The molecule has 1 aromatic heterocycles. The van der Waals surface area contributed by atoms with Crippen LogP contribution in [0.4, 0.5) is 0 Å². The van der Waals surface area contributed by atoms with Crippen LogP contribution in [-0.4, -0.2) is 22.9 Å². The fraction of sp³-hybridized carbons (Fsp3) is 0.750. The van der Waals surface area contributed by atoms with E-state index in [1.54, 1.807) is 0 Å². The highest BCUT2D eigenvalue weighted by molar-refractivity contribution is 7.98. The summed E-state index contributed by atoms with van der Waals surface area (Å²) in [6.45, 7) is 2.81. The molecule has 74 valence electrons. The smallest absolute Gasteiger partial charge is 0.240 e. The van der Waals surface area contributed by atoms with Gasteiger partial charge in [0, 0.05) is 0 Å². The Balaban J connectivity index is 2.31. The van der Waals surface area contributed by atoms with Crippen LogP contribution in [0.25, 0.3) is 0 Å². The van der Waals surface area contributed by atoms with E-state index in [1.807, 2.05) is 18.8 Å². The molecule has 0 aliphatic heterocycles. The van der Waals surface area contributed by atoms with Crippen LogP contribution in [0.3, 0.4) is 0 Å². The highest BCUT2D eigenvalue weighted by Crippen LogP contribution is 2.09. The molecule has 0 spiro atoms. The Labute approximate surface area is 82.5 Å². The standard InChI is InChI=1S/C8H15N3OS/c1-3-4-13-6-7-10-8(5-9-2)12-11-7/h9H,3-6H2,1-2H3. The number of nitrogens with zero attached hydrogens (tertiary/aromatic N) is 2. The van der Waals surface area contributed by atoms with E-state index in [-0.39, 0.29) is 0 Å². The zero-order valence-electron chi connectivity index (χ0n) is 8.04. The van der Waals surface area contributed by atoms with Crippen molar-refractivity contribution in [2.24, 2.45) is 0 Å². The molecule has 1 heterocycles. The molecule has 0 atom stereocenters. The van der Waals surface area contributed by atoms with Gasteiger partial charge in [-0.2, -0.15) is 16.7 Å². The highest BCUT2D eigenvalue weighted by Gasteiger charge is 2.03. The lowest BCUT2D eigenvalue weighted by Crippen LogP contribution is -2.05. The normalized spacial score (nSPS) is 10.6. The van der Waals surface area contributed by atoms with Gasteiger partial charge in [0.2, 0.25) is 5.89 Å². The Morgan fingerprint density at radius 3 is 3.08 bits per heavy atom. The molecule has 0 bridgehead atoms. The van der Waals surface area contributed by atoms with Crippen LogP contribution in [0, 0.1) is 0 Å². The van der Waals surface area contributed by atoms with Gasteiger partial charge in [-0.15, -0.1) is 0 Å². The molecule has 0 saturated carbocycles. The van der Waals surface area contributed by atoms with Crippen LogP contribution in [-0.2, 0) is 12.3 Å². The van der Waals surface area contributed by atoms with Gasteiger partial charge in [0.1, 0.15) is 0 Å². The minimum atomic E-state index is 0.644. The Kier molecular flexibility index (Phi) is 4.85. The molecule has 0 aliphatic rings. The van der Waals surface area contributed by atoms with E-state index in [0.29, 0.717) is 12.4 Å². The summed E-state index contributed by atoms with van der Waals surface area (Å²) in [5, 5.41) is 6.82. The zero-order chi connectivity index (χ0) is 9.52. The van der Waals surface area contributed by atoms with Gasteiger partial charge in [-0.3, -0.25) is 0 Å². The van der Waals surface area contributed by atoms with Gasteiger partial charge in [0.15, 0.2) is 5.82 Å². The Hall–Kier alpha value is -0.550. The van der Waals surface area contributed by atoms with Crippen LogP contribution in [0.1, 0.15) is 25.1 Å². The molecule has 1 N–H and O–H groups in total. The van der Waals surface area contributed by atoms with Crippen molar-refractivity contribution in [3.8, 4) is 0 Å². The molecule has 0 aliphatic carbocycles. The SMILES string of the molecule is CCCSCc1noc(CNC)n1. The van der Waals surface area contributed by atoms with Gasteiger partial charge in [-0.1, -0.05) is 12.1 Å². The maximum atomic E-state index is 5.00. The van der Waals surface area contributed by atoms with E-state index in [4.69, 9.17) is 4.52 Å². The van der Waals surface area contributed by atoms with E-state index >= 15 is 0 Å². The summed E-state index contributed by atoms with van der Waals surface area (Å²) in [7, 11) is 1.86. The summed E-state index contributed by atoms with van der Waals surface area (Å²) in [6, 6.07) is 0. The van der Waals surface area contributed by atoms with Crippen molar-refractivity contribution < 1.29 is 4.52 Å². The summed E-state index contributed by atoms with van der Waals surface area (Å²) in [4.78, 5) is 4.21. The average molecular weight is 201 g/mol. The fourth-order valence-corrected chi connectivity index (χ4v) is 1.61. The van der Waals surface area contributed by atoms with Gasteiger partial charge in [0.25, 0.3) is 0 Å². The first kappa shape index (κ1) is 10.5. The van der Waals surface area contributed by atoms with E-state index in [1.165, 1.54) is 6.42 Å². The van der Waals surface area contributed by atoms with Crippen molar-refractivity contribution in [2.75, 3.05) is 12.8 Å². The second kappa shape index (κ2) is 5.99. The highest BCUT2D eigenvalue weighted by atomic mass is 32.2. The van der Waals surface area contributed by atoms with E-state index < -0.39 is 0 Å². The summed E-state index contributed by atoms with van der Waals surface area (Å²) >= 11 is 1.83. The molecule has 1 aromatic rings. The van der Waals surface area contributed by atoms with Crippen molar-refractivity contribution in [2.45, 2.75) is 25.6 Å². The van der Waals surface area contributed by atoms with Crippen LogP contribution < -0.4 is 5.32 Å². The third kappa shape index (κ3) is 3.78. The Morgan fingerprint density at radius 2 is 2.38 bits per heavy atom. The minimum Gasteiger partial charge on any atom is -0.338 e. The molecular weight excluding hydrogens is 186 g/mol. The lowest BCUT2D eigenvalue weighted by atomic mass is 10.6. The van der Waals surface area contributed by atoms with Crippen molar-refractivity contribution in [3.63, 3.8) is 0 Å². The first-order valence-electron chi connectivity index (χ1n) is 4.40. The van der Waals surface area contributed by atoms with Gasteiger partial charge in [-0.05, 0) is 19.2 Å². The lowest BCUT2D eigenvalue weighted by molar-refractivity contribution is 0.368. The second-order valence-corrected chi connectivity index (χ2v) is 3.79. The number of aromatic nitrogens is 2. The summed E-state index contributed by atoms with van der Waals surface area (Å²) < 4.78 is 5.00. The lowest BCUT2D eigenvalue weighted by Gasteiger charge is -1.91. The predicted molar refractivity (Wildman–Crippen MR) is 53.5 cm³/mol. The molecule has 5 heteroatoms. The van der Waals surface area contributed by atoms with Crippen LogP contribution in [0.15, 0.2) is 4.52 Å². The number of thioether (sulfide) groups is 1. The van der Waals surface area contributed by atoms with Crippen LogP contribution >= 0.6 is 11.8 Å². The number of nitrogens with one attached hydrogen (secondary N) is 1. The number of hydrogen-bond donors (Lipinski definition) is 1. The third-order valence-corrected chi connectivity index (χ3v) is 2.58. The molecule has 0 saturated heterocycles. The third-order valence-electron chi connectivity index (χ3n) is 1.42. The molecule has 1 rings (SSSR count). The quantitative estimate of drug-likeness (QED) is 0.706. The minimum absolute atomic E-state index is 0.644. The molecule has 0 fully saturated rings. The zero-order valence-corrected chi connectivity index (χ0v) is 8.86. The molecular formula is C8H15N3OS. The summed E-state index contributed by atoms with van der Waals surface area (Å²) in [6.07, 6.45) is 1.19. The van der Waals surface area contributed by atoms with Crippen molar-refractivity contribution in [1.82, 2.24) is 15.5 Å². The summed E-state index contributed by atoms with van der Waals surface area (Å²) in [5.41, 5.74) is 0. The maximum Gasteiger partial charge on any atom is 0.240 e. The molecule has 0 aromatic carbocycles. The van der Waals surface area contributed by atoms with E-state index in [0.717, 1.165) is 17.3 Å². The van der Waals surface area contributed by atoms with Gasteiger partial charge in [-0.25, -0.2) is 0 Å². The van der Waals surface area contributed by atoms with Gasteiger partial charge < -0.3 is 9.84 Å². The molecule has 13 heavy (non-hydrogen) atoms. The first-order valence-corrected chi connectivity index (χ1v) is 5.56. The van der Waals surface area contributed by atoms with Crippen molar-refractivity contribution in [1.29, 1.82) is 0 Å². The van der Waals surface area contributed by atoms with E-state index in [2.05, 4.69) is 22.4 Å². The number of rotatable bonds is 6.